The number of pyridine rings is 1. The summed E-state index contributed by atoms with van der Waals surface area (Å²) in [6.45, 7) is 2.07. The summed E-state index contributed by atoms with van der Waals surface area (Å²) in [6.07, 6.45) is 10.6. The summed E-state index contributed by atoms with van der Waals surface area (Å²) in [5.41, 5.74) is 3.15. The summed E-state index contributed by atoms with van der Waals surface area (Å²) < 4.78 is 0. The molecule has 1 amide bonds. The number of H-pyrrole nitrogens is 1. The molecule has 8 heteroatoms. The van der Waals surface area contributed by atoms with Crippen molar-refractivity contribution in [2.24, 2.45) is 0 Å². The average Bonchev–Trinajstić information content (AvgIpc) is 3.48. The number of carbonyl (C=O) groups excluding carboxylic acids is 1. The number of nitrogens with one attached hydrogen (secondary N) is 1. The third-order valence-corrected chi connectivity index (χ3v) is 6.21. The van der Waals surface area contributed by atoms with Gasteiger partial charge in [-0.15, -0.1) is 0 Å². The first-order valence-electron chi connectivity index (χ1n) is 10.6. The zero-order valence-corrected chi connectivity index (χ0v) is 17.2. The van der Waals surface area contributed by atoms with Crippen molar-refractivity contribution in [3.05, 3.63) is 36.8 Å². The van der Waals surface area contributed by atoms with Gasteiger partial charge in [0.05, 0.1) is 29.3 Å². The average molecular weight is 403 g/mol. The van der Waals surface area contributed by atoms with Crippen LogP contribution in [0.1, 0.15) is 39.0 Å². The van der Waals surface area contributed by atoms with E-state index in [1.165, 1.54) is 12.8 Å². The lowest BCUT2D eigenvalue weighted by Gasteiger charge is -2.43. The Morgan fingerprint density at radius 3 is 2.73 bits per heavy atom. The lowest BCUT2D eigenvalue weighted by Crippen LogP contribution is -2.55. The van der Waals surface area contributed by atoms with E-state index >= 15 is 0 Å². The Morgan fingerprint density at radius 2 is 2.00 bits per heavy atom. The second-order valence-electron chi connectivity index (χ2n) is 7.94. The highest BCUT2D eigenvalue weighted by Crippen LogP contribution is 2.40. The van der Waals surface area contributed by atoms with Gasteiger partial charge in [0, 0.05) is 19.3 Å². The SMILES string of the molecule is CC[C@@H]1C(=O)N(C)c2cnc(-c3cn[nH]c3-c3ccccn3)nc2N1C1CCCC1. The summed E-state index contributed by atoms with van der Waals surface area (Å²) >= 11 is 0. The minimum atomic E-state index is -0.187. The lowest BCUT2D eigenvalue weighted by molar-refractivity contribution is -0.120. The summed E-state index contributed by atoms with van der Waals surface area (Å²) in [4.78, 5) is 31.0. The van der Waals surface area contributed by atoms with E-state index in [1.807, 2.05) is 25.2 Å². The van der Waals surface area contributed by atoms with Crippen LogP contribution in [0.3, 0.4) is 0 Å². The molecule has 3 aromatic rings. The van der Waals surface area contributed by atoms with Gasteiger partial charge in [0.2, 0.25) is 5.91 Å². The predicted molar refractivity (Wildman–Crippen MR) is 115 cm³/mol. The molecule has 4 heterocycles. The van der Waals surface area contributed by atoms with E-state index in [0.717, 1.165) is 47.7 Å². The summed E-state index contributed by atoms with van der Waals surface area (Å²) in [6, 6.07) is 5.91. The van der Waals surface area contributed by atoms with E-state index in [0.29, 0.717) is 11.9 Å². The van der Waals surface area contributed by atoms with Crippen molar-refractivity contribution in [3.63, 3.8) is 0 Å². The zero-order valence-electron chi connectivity index (χ0n) is 17.2. The topological polar surface area (TPSA) is 90.9 Å². The number of aromatic nitrogens is 5. The third kappa shape index (κ3) is 2.94. The Labute approximate surface area is 175 Å². The minimum absolute atomic E-state index is 0.116. The maximum Gasteiger partial charge on any atom is 0.249 e. The maximum atomic E-state index is 13.0. The highest BCUT2D eigenvalue weighted by Gasteiger charge is 2.41. The Bertz CT molecular complexity index is 1060. The number of fused-ring (bicyclic) bond motifs is 1. The van der Waals surface area contributed by atoms with Gasteiger partial charge in [-0.1, -0.05) is 25.8 Å². The van der Waals surface area contributed by atoms with E-state index in [9.17, 15) is 4.79 Å². The van der Waals surface area contributed by atoms with Crippen LogP contribution >= 0.6 is 0 Å². The minimum Gasteiger partial charge on any atom is -0.340 e. The van der Waals surface area contributed by atoms with Crippen molar-refractivity contribution < 1.29 is 4.79 Å². The number of nitrogens with zero attached hydrogens (tertiary/aromatic N) is 6. The van der Waals surface area contributed by atoms with Crippen molar-refractivity contribution in [2.45, 2.75) is 51.1 Å². The number of amides is 1. The van der Waals surface area contributed by atoms with E-state index in [4.69, 9.17) is 4.98 Å². The molecule has 154 valence electrons. The first-order valence-corrected chi connectivity index (χ1v) is 10.6. The summed E-state index contributed by atoms with van der Waals surface area (Å²) in [5, 5.41) is 7.25. The van der Waals surface area contributed by atoms with Crippen LogP contribution in [0.5, 0.6) is 0 Å². The summed E-state index contributed by atoms with van der Waals surface area (Å²) in [7, 11) is 1.82. The molecule has 8 nitrogen and oxygen atoms in total. The van der Waals surface area contributed by atoms with Crippen molar-refractivity contribution in [2.75, 3.05) is 16.8 Å². The van der Waals surface area contributed by atoms with Crippen molar-refractivity contribution in [1.29, 1.82) is 0 Å². The van der Waals surface area contributed by atoms with Crippen LogP contribution in [0.25, 0.3) is 22.8 Å². The first kappa shape index (κ1) is 18.7. The van der Waals surface area contributed by atoms with Gasteiger partial charge in [-0.25, -0.2) is 9.97 Å². The summed E-state index contributed by atoms with van der Waals surface area (Å²) in [5.74, 6) is 1.54. The number of anilines is 2. The Balaban J connectivity index is 1.63. The monoisotopic (exact) mass is 403 g/mol. The Hall–Kier alpha value is -3.29. The molecule has 5 rings (SSSR count). The van der Waals surface area contributed by atoms with Crippen molar-refractivity contribution in [3.8, 4) is 22.8 Å². The van der Waals surface area contributed by atoms with E-state index < -0.39 is 0 Å². The van der Waals surface area contributed by atoms with Crippen LogP contribution < -0.4 is 9.80 Å². The molecule has 0 saturated heterocycles. The van der Waals surface area contributed by atoms with Crippen LogP contribution in [-0.4, -0.2) is 50.2 Å². The molecule has 0 unspecified atom stereocenters. The molecule has 3 aromatic heterocycles. The van der Waals surface area contributed by atoms with E-state index in [2.05, 4.69) is 32.0 Å². The molecule has 30 heavy (non-hydrogen) atoms. The fourth-order valence-corrected chi connectivity index (χ4v) is 4.67. The number of hydrogen-bond donors (Lipinski definition) is 1. The van der Waals surface area contributed by atoms with Crippen LogP contribution in [0.15, 0.2) is 36.8 Å². The van der Waals surface area contributed by atoms with Gasteiger partial charge in [-0.05, 0) is 31.4 Å². The molecule has 1 N–H and O–H groups in total. The number of carbonyl (C=O) groups is 1. The van der Waals surface area contributed by atoms with Crippen LogP contribution in [0.4, 0.5) is 11.5 Å². The van der Waals surface area contributed by atoms with Gasteiger partial charge >= 0.3 is 0 Å². The molecule has 2 aliphatic rings. The van der Waals surface area contributed by atoms with Crippen LogP contribution in [0, 0.1) is 0 Å². The number of likely N-dealkylation sites (N-methyl/N-ethyl adjacent to an activating group) is 1. The molecule has 1 aliphatic carbocycles. The van der Waals surface area contributed by atoms with Gasteiger partial charge in [-0.3, -0.25) is 14.9 Å². The number of rotatable bonds is 4. The Kier molecular flexibility index (Phi) is 4.69. The van der Waals surface area contributed by atoms with Gasteiger partial charge in [0.25, 0.3) is 0 Å². The van der Waals surface area contributed by atoms with Crippen molar-refractivity contribution >= 4 is 17.4 Å². The first-order chi connectivity index (χ1) is 14.7. The largest absolute Gasteiger partial charge is 0.340 e. The smallest absolute Gasteiger partial charge is 0.249 e. The van der Waals surface area contributed by atoms with Crippen LogP contribution in [0.2, 0.25) is 0 Å². The van der Waals surface area contributed by atoms with E-state index in [-0.39, 0.29) is 11.9 Å². The third-order valence-electron chi connectivity index (χ3n) is 6.21. The fourth-order valence-electron chi connectivity index (χ4n) is 4.67. The lowest BCUT2D eigenvalue weighted by atomic mass is 10.0. The highest BCUT2D eigenvalue weighted by molar-refractivity contribution is 6.04. The van der Waals surface area contributed by atoms with Gasteiger partial charge in [0.15, 0.2) is 11.6 Å². The molecule has 0 radical (unpaired) electrons. The second kappa shape index (κ2) is 7.51. The number of hydrogen-bond acceptors (Lipinski definition) is 6. The molecule has 0 bridgehead atoms. The molecule has 0 aromatic carbocycles. The molecule has 0 spiro atoms. The Morgan fingerprint density at radius 1 is 1.17 bits per heavy atom. The van der Waals surface area contributed by atoms with E-state index in [1.54, 1.807) is 23.5 Å². The van der Waals surface area contributed by atoms with Gasteiger partial charge in [0.1, 0.15) is 11.7 Å². The molecular weight excluding hydrogens is 378 g/mol. The molecule has 1 aliphatic heterocycles. The predicted octanol–water partition coefficient (Wildman–Crippen LogP) is 3.43. The van der Waals surface area contributed by atoms with Gasteiger partial charge < -0.3 is 9.80 Å². The van der Waals surface area contributed by atoms with Crippen LogP contribution in [-0.2, 0) is 4.79 Å². The number of aromatic amines is 1. The highest BCUT2D eigenvalue weighted by atomic mass is 16.2. The molecule has 1 saturated carbocycles. The fraction of sp³-hybridized carbons (Fsp3) is 0.409. The molecular formula is C22H25N7O. The standard InChI is InChI=1S/C22H25N7O/c1-3-17-22(30)28(2)18-13-24-20(26-21(18)29(17)14-8-4-5-9-14)15-12-25-27-19(15)16-10-6-7-11-23-16/h6-7,10-14,17H,3-5,8-9H2,1-2H3,(H,25,27)/t17-/m1/s1. The van der Waals surface area contributed by atoms with Gasteiger partial charge in [-0.2, -0.15) is 5.10 Å². The maximum absolute atomic E-state index is 13.0. The molecule has 1 fully saturated rings. The second-order valence-corrected chi connectivity index (χ2v) is 7.94. The molecule has 1 atom stereocenters. The van der Waals surface area contributed by atoms with Crippen molar-refractivity contribution in [1.82, 2.24) is 25.1 Å². The zero-order chi connectivity index (χ0) is 20.7. The normalized spacial score (nSPS) is 19.4. The quantitative estimate of drug-likeness (QED) is 0.718.